The third-order valence-electron chi connectivity index (χ3n) is 5.52. The normalized spacial score (nSPS) is 19.6. The molecule has 1 unspecified atom stereocenters. The number of rotatable bonds is 6. The van der Waals surface area contributed by atoms with Crippen LogP contribution in [-0.4, -0.2) is 49.1 Å². The Labute approximate surface area is 162 Å². The molecule has 3 aromatic rings. The number of anilines is 1. The van der Waals surface area contributed by atoms with Gasteiger partial charge in [0.25, 0.3) is 11.3 Å². The molecule has 0 radical (unpaired) electrons. The fraction of sp³-hybridized carbons (Fsp3) is 0.526. The number of methoxy groups -OCH3 is 1. The summed E-state index contributed by atoms with van der Waals surface area (Å²) in [5.74, 6) is 2.02. The second-order valence-corrected chi connectivity index (χ2v) is 7.55. The van der Waals surface area contributed by atoms with Gasteiger partial charge in [-0.25, -0.2) is 9.67 Å². The van der Waals surface area contributed by atoms with E-state index in [-0.39, 0.29) is 11.6 Å². The van der Waals surface area contributed by atoms with Gasteiger partial charge >= 0.3 is 0 Å². The minimum absolute atomic E-state index is 0.0445. The largest absolute Gasteiger partial charge is 0.378 e. The summed E-state index contributed by atoms with van der Waals surface area (Å²) in [6, 6.07) is 5.70. The molecule has 1 atom stereocenters. The fourth-order valence-electron chi connectivity index (χ4n) is 3.99. The summed E-state index contributed by atoms with van der Waals surface area (Å²) in [5.41, 5.74) is 1.81. The molecule has 0 bridgehead atoms. The van der Waals surface area contributed by atoms with Gasteiger partial charge in [0.15, 0.2) is 0 Å². The first kappa shape index (κ1) is 17.3. The zero-order chi connectivity index (χ0) is 19.1. The lowest BCUT2D eigenvalue weighted by atomic mass is 10.2. The minimum Gasteiger partial charge on any atom is -0.378 e. The minimum atomic E-state index is -0.0445. The molecule has 2 aliphatic rings. The van der Waals surface area contributed by atoms with Crippen molar-refractivity contribution in [2.75, 3.05) is 18.6 Å². The van der Waals surface area contributed by atoms with Gasteiger partial charge in [-0.15, -0.1) is 0 Å². The average Bonchev–Trinajstić information content (AvgIpc) is 3.25. The Morgan fingerprint density at radius 1 is 1.25 bits per heavy atom. The van der Waals surface area contributed by atoms with Gasteiger partial charge in [-0.05, 0) is 31.7 Å². The van der Waals surface area contributed by atoms with Crippen LogP contribution in [0.1, 0.15) is 43.0 Å². The molecule has 1 saturated carbocycles. The molecule has 0 amide bonds. The number of fused-ring (bicyclic) bond motifs is 1. The smallest absolute Gasteiger partial charge is 0.266 e. The van der Waals surface area contributed by atoms with Gasteiger partial charge in [0.05, 0.1) is 30.6 Å². The molecule has 28 heavy (non-hydrogen) atoms. The van der Waals surface area contributed by atoms with E-state index in [1.54, 1.807) is 22.4 Å². The van der Waals surface area contributed by atoms with Crippen LogP contribution in [-0.2, 0) is 17.9 Å². The van der Waals surface area contributed by atoms with Crippen molar-refractivity contribution in [1.29, 1.82) is 0 Å². The van der Waals surface area contributed by atoms with E-state index in [0.717, 1.165) is 36.6 Å². The molecule has 0 spiro atoms. The molecular formula is C19H23N7O2. The van der Waals surface area contributed by atoms with Gasteiger partial charge in [-0.3, -0.25) is 4.79 Å². The van der Waals surface area contributed by atoms with E-state index < -0.39 is 0 Å². The molecule has 4 heterocycles. The van der Waals surface area contributed by atoms with Crippen LogP contribution in [0, 0.1) is 0 Å². The molecule has 0 N–H and O–H groups in total. The molecular weight excluding hydrogens is 358 g/mol. The number of hydrogen-bond donors (Lipinski definition) is 0. The second-order valence-electron chi connectivity index (χ2n) is 7.55. The van der Waals surface area contributed by atoms with E-state index >= 15 is 0 Å². The Morgan fingerprint density at radius 2 is 2.14 bits per heavy atom. The molecule has 9 heteroatoms. The summed E-state index contributed by atoms with van der Waals surface area (Å²) in [6.07, 6.45) is 5.91. The lowest BCUT2D eigenvalue weighted by Gasteiger charge is -2.27. The first-order valence-corrected chi connectivity index (χ1v) is 9.76. The van der Waals surface area contributed by atoms with E-state index in [4.69, 9.17) is 4.74 Å². The van der Waals surface area contributed by atoms with Crippen LogP contribution in [0.4, 0.5) is 5.82 Å². The summed E-state index contributed by atoms with van der Waals surface area (Å²) in [4.78, 5) is 23.4. The number of ether oxygens (including phenoxy) is 1. The Kier molecular flexibility index (Phi) is 4.31. The Bertz CT molecular complexity index is 1060. The van der Waals surface area contributed by atoms with E-state index in [2.05, 4.69) is 25.1 Å². The van der Waals surface area contributed by atoms with E-state index in [9.17, 15) is 4.79 Å². The van der Waals surface area contributed by atoms with Gasteiger partial charge in [0.1, 0.15) is 12.1 Å². The number of aromatic nitrogens is 6. The van der Waals surface area contributed by atoms with Crippen LogP contribution in [0.25, 0.3) is 5.78 Å². The van der Waals surface area contributed by atoms with Crippen LogP contribution in [0.3, 0.4) is 0 Å². The Balaban J connectivity index is 1.48. The first-order valence-electron chi connectivity index (χ1n) is 9.76. The Morgan fingerprint density at radius 3 is 2.96 bits per heavy atom. The molecule has 1 aliphatic carbocycles. The third kappa shape index (κ3) is 3.15. The highest BCUT2D eigenvalue weighted by Gasteiger charge is 2.30. The van der Waals surface area contributed by atoms with E-state index in [0.29, 0.717) is 24.8 Å². The average molecular weight is 381 g/mol. The zero-order valence-electron chi connectivity index (χ0n) is 15.9. The molecule has 2 fully saturated rings. The summed E-state index contributed by atoms with van der Waals surface area (Å²) in [6.45, 7) is 1.88. The fourth-order valence-corrected chi connectivity index (χ4v) is 3.99. The van der Waals surface area contributed by atoms with Crippen molar-refractivity contribution < 1.29 is 4.74 Å². The number of hydrogen-bond acceptors (Lipinski definition) is 7. The molecule has 5 rings (SSSR count). The van der Waals surface area contributed by atoms with E-state index in [1.807, 2.05) is 12.1 Å². The van der Waals surface area contributed by atoms with Gasteiger partial charge < -0.3 is 9.64 Å². The van der Waals surface area contributed by atoms with Crippen LogP contribution in [0.2, 0.25) is 0 Å². The van der Waals surface area contributed by atoms with Crippen LogP contribution >= 0.6 is 0 Å². The molecule has 146 valence electrons. The standard InChI is InChI=1S/C19H23N7O2/c1-28-11-14-9-17(26-19(22-14)20-12-21-26)24-8-2-3-15(24)10-25-18(27)7-6-16(23-25)13-4-5-13/h6-7,9,12-13,15H,2-5,8,10-11H2,1H3. The van der Waals surface area contributed by atoms with Crippen molar-refractivity contribution in [3.05, 3.63) is 46.3 Å². The lowest BCUT2D eigenvalue weighted by molar-refractivity contribution is 0.181. The number of nitrogens with zero attached hydrogens (tertiary/aromatic N) is 7. The van der Waals surface area contributed by atoms with Crippen molar-refractivity contribution in [3.63, 3.8) is 0 Å². The van der Waals surface area contributed by atoms with Crippen molar-refractivity contribution in [2.45, 2.75) is 50.8 Å². The Hall–Kier alpha value is -2.81. The van der Waals surface area contributed by atoms with Crippen molar-refractivity contribution in [3.8, 4) is 0 Å². The second kappa shape index (κ2) is 6.97. The molecule has 9 nitrogen and oxygen atoms in total. The molecule has 1 aliphatic heterocycles. The van der Waals surface area contributed by atoms with Crippen molar-refractivity contribution in [1.82, 2.24) is 29.4 Å². The highest BCUT2D eigenvalue weighted by molar-refractivity contribution is 5.49. The predicted octanol–water partition coefficient (Wildman–Crippen LogP) is 1.37. The first-order chi connectivity index (χ1) is 13.7. The molecule has 3 aromatic heterocycles. The van der Waals surface area contributed by atoms with Crippen molar-refractivity contribution in [2.24, 2.45) is 0 Å². The maximum absolute atomic E-state index is 12.4. The van der Waals surface area contributed by atoms with Gasteiger partial charge in [-0.2, -0.15) is 19.7 Å². The monoisotopic (exact) mass is 381 g/mol. The van der Waals surface area contributed by atoms with Gasteiger partial charge in [0, 0.05) is 31.7 Å². The maximum Gasteiger partial charge on any atom is 0.266 e. The molecule has 0 aromatic carbocycles. The van der Waals surface area contributed by atoms with E-state index in [1.165, 1.54) is 19.2 Å². The summed E-state index contributed by atoms with van der Waals surface area (Å²) >= 11 is 0. The summed E-state index contributed by atoms with van der Waals surface area (Å²) < 4.78 is 8.65. The van der Waals surface area contributed by atoms with Crippen LogP contribution in [0.5, 0.6) is 0 Å². The maximum atomic E-state index is 12.4. The van der Waals surface area contributed by atoms with Crippen molar-refractivity contribution >= 4 is 11.6 Å². The highest BCUT2D eigenvalue weighted by Crippen LogP contribution is 2.38. The topological polar surface area (TPSA) is 90.4 Å². The zero-order valence-corrected chi connectivity index (χ0v) is 15.9. The predicted molar refractivity (Wildman–Crippen MR) is 102 cm³/mol. The summed E-state index contributed by atoms with van der Waals surface area (Å²) in [7, 11) is 1.65. The highest BCUT2D eigenvalue weighted by atomic mass is 16.5. The third-order valence-corrected chi connectivity index (χ3v) is 5.52. The quantitative estimate of drug-likeness (QED) is 0.637. The SMILES string of the molecule is COCc1cc(N2CCCC2Cn2nc(C3CC3)ccc2=O)n2ncnc2n1. The lowest BCUT2D eigenvalue weighted by Crippen LogP contribution is -2.38. The van der Waals surface area contributed by atoms with Crippen LogP contribution < -0.4 is 10.5 Å². The molecule has 1 saturated heterocycles. The van der Waals surface area contributed by atoms with Gasteiger partial charge in [0.2, 0.25) is 0 Å². The summed E-state index contributed by atoms with van der Waals surface area (Å²) in [5, 5.41) is 8.98. The van der Waals surface area contributed by atoms with Gasteiger partial charge in [-0.1, -0.05) is 0 Å². The van der Waals surface area contributed by atoms with Crippen LogP contribution in [0.15, 0.2) is 29.3 Å².